The van der Waals surface area contributed by atoms with Gasteiger partial charge in [-0.25, -0.2) is 0 Å². The standard InChI is InChI=1S/C23H24N2O3S2/c1-14-5-7-16(8-6-14)30(26,27)28-12-15-9-18-17-3-2-4-20-23(17)19(22(13-29)25-20)10-21(18)24-11-15/h2-8,13,15,18,21,24-25H,9-12H2,1H3/t15-,18?,21-/m1/s1. The van der Waals surface area contributed by atoms with Crippen molar-refractivity contribution in [1.29, 1.82) is 0 Å². The molecule has 156 valence electrons. The first-order chi connectivity index (χ1) is 14.5. The van der Waals surface area contributed by atoms with Gasteiger partial charge in [-0.15, -0.1) is 0 Å². The number of thiocarbonyl (C=S) groups is 1. The Morgan fingerprint density at radius 1 is 1.20 bits per heavy atom. The largest absolute Gasteiger partial charge is 0.354 e. The molecule has 2 N–H and O–H groups in total. The van der Waals surface area contributed by atoms with Gasteiger partial charge in [0.15, 0.2) is 0 Å². The molecular weight excluding hydrogens is 416 g/mol. The Labute approximate surface area is 182 Å². The van der Waals surface area contributed by atoms with Crippen molar-refractivity contribution < 1.29 is 12.6 Å². The van der Waals surface area contributed by atoms with Crippen LogP contribution in [0.3, 0.4) is 0 Å². The molecule has 7 heteroatoms. The minimum atomic E-state index is -3.74. The van der Waals surface area contributed by atoms with Gasteiger partial charge in [0, 0.05) is 34.8 Å². The summed E-state index contributed by atoms with van der Waals surface area (Å²) in [7, 11) is -3.74. The Kier molecular flexibility index (Phi) is 5.01. The van der Waals surface area contributed by atoms with Gasteiger partial charge in [0.05, 0.1) is 17.2 Å². The van der Waals surface area contributed by atoms with Crippen LogP contribution in [0, 0.1) is 12.8 Å². The Morgan fingerprint density at radius 2 is 2.00 bits per heavy atom. The second-order valence-corrected chi connectivity index (χ2v) is 10.2. The Balaban J connectivity index is 1.36. The summed E-state index contributed by atoms with van der Waals surface area (Å²) in [5.74, 6) is 0.464. The zero-order valence-corrected chi connectivity index (χ0v) is 18.4. The molecule has 1 fully saturated rings. The lowest BCUT2D eigenvalue weighted by Crippen LogP contribution is -2.48. The monoisotopic (exact) mass is 440 g/mol. The predicted octanol–water partition coefficient (Wildman–Crippen LogP) is 3.85. The van der Waals surface area contributed by atoms with Crippen LogP contribution in [-0.2, 0) is 20.7 Å². The SMILES string of the molecule is Cc1ccc(S(=O)(=O)OC[C@H]2CN[C@@H]3Cc4c(C=S)[nH]c5cccc(c45)C3C2)cc1. The number of piperidine rings is 1. The van der Waals surface area contributed by atoms with Gasteiger partial charge in [0.25, 0.3) is 10.1 Å². The first-order valence-electron chi connectivity index (χ1n) is 10.2. The smallest absolute Gasteiger partial charge is 0.296 e. The van der Waals surface area contributed by atoms with Crippen molar-refractivity contribution in [2.24, 2.45) is 5.92 Å². The van der Waals surface area contributed by atoms with Crippen molar-refractivity contribution in [2.75, 3.05) is 13.2 Å². The number of benzene rings is 2. The molecule has 1 saturated heterocycles. The van der Waals surface area contributed by atoms with Crippen molar-refractivity contribution in [2.45, 2.75) is 36.6 Å². The number of nitrogens with one attached hydrogen (secondary N) is 2. The van der Waals surface area contributed by atoms with E-state index in [-0.39, 0.29) is 17.4 Å². The van der Waals surface area contributed by atoms with E-state index in [9.17, 15) is 8.42 Å². The van der Waals surface area contributed by atoms with Gasteiger partial charge in [-0.3, -0.25) is 4.18 Å². The van der Waals surface area contributed by atoms with E-state index in [1.54, 1.807) is 29.6 Å². The van der Waals surface area contributed by atoms with Gasteiger partial charge in [-0.05, 0) is 55.0 Å². The lowest BCUT2D eigenvalue weighted by atomic mass is 9.73. The molecule has 0 spiro atoms. The van der Waals surface area contributed by atoms with Crippen molar-refractivity contribution in [3.63, 3.8) is 0 Å². The number of fused-ring (bicyclic) bond motifs is 2. The number of hydrogen-bond acceptors (Lipinski definition) is 5. The van der Waals surface area contributed by atoms with Crippen LogP contribution >= 0.6 is 12.2 Å². The normalized spacial score (nSPS) is 23.3. The van der Waals surface area contributed by atoms with E-state index in [4.69, 9.17) is 16.4 Å². The fourth-order valence-corrected chi connectivity index (χ4v) is 6.10. The van der Waals surface area contributed by atoms with Crippen LogP contribution in [-0.4, -0.2) is 38.0 Å². The molecule has 1 aromatic heterocycles. The van der Waals surface area contributed by atoms with Crippen molar-refractivity contribution in [3.05, 3.63) is 64.8 Å². The van der Waals surface area contributed by atoms with E-state index in [2.05, 4.69) is 28.5 Å². The van der Waals surface area contributed by atoms with E-state index < -0.39 is 10.1 Å². The molecule has 1 unspecified atom stereocenters. The Morgan fingerprint density at radius 3 is 2.77 bits per heavy atom. The zero-order chi connectivity index (χ0) is 20.9. The van der Waals surface area contributed by atoms with Gasteiger partial charge in [-0.2, -0.15) is 8.42 Å². The second kappa shape index (κ2) is 7.57. The third-order valence-electron chi connectivity index (χ3n) is 6.44. The average Bonchev–Trinajstić information content (AvgIpc) is 3.12. The number of aromatic nitrogens is 1. The highest BCUT2D eigenvalue weighted by molar-refractivity contribution is 7.86. The van der Waals surface area contributed by atoms with E-state index in [1.165, 1.54) is 16.5 Å². The number of aryl methyl sites for hydroxylation is 1. The average molecular weight is 441 g/mol. The highest BCUT2D eigenvalue weighted by atomic mass is 32.2. The molecular formula is C23H24N2O3S2. The van der Waals surface area contributed by atoms with Crippen LogP contribution in [0.1, 0.15) is 34.7 Å². The van der Waals surface area contributed by atoms with Crippen molar-refractivity contribution in [1.82, 2.24) is 10.3 Å². The van der Waals surface area contributed by atoms with Crippen LogP contribution < -0.4 is 5.32 Å². The summed E-state index contributed by atoms with van der Waals surface area (Å²) in [6, 6.07) is 13.5. The molecule has 1 aliphatic heterocycles. The summed E-state index contributed by atoms with van der Waals surface area (Å²) in [6.07, 6.45) is 1.83. The van der Waals surface area contributed by atoms with E-state index in [1.807, 2.05) is 6.92 Å². The molecule has 1 aliphatic carbocycles. The third-order valence-corrected chi connectivity index (χ3v) is 7.98. The maximum Gasteiger partial charge on any atom is 0.296 e. The highest BCUT2D eigenvalue weighted by Gasteiger charge is 2.37. The first-order valence-corrected chi connectivity index (χ1v) is 12.1. The summed E-state index contributed by atoms with van der Waals surface area (Å²) < 4.78 is 30.6. The van der Waals surface area contributed by atoms with Crippen LogP contribution in [0.25, 0.3) is 10.9 Å². The van der Waals surface area contributed by atoms with Crippen molar-refractivity contribution >= 4 is 38.6 Å². The van der Waals surface area contributed by atoms with Crippen LogP contribution in [0.15, 0.2) is 47.4 Å². The Bertz CT molecular complexity index is 1220. The number of aromatic amines is 1. The van der Waals surface area contributed by atoms with Gasteiger partial charge in [-0.1, -0.05) is 42.0 Å². The summed E-state index contributed by atoms with van der Waals surface area (Å²) >= 11 is 5.21. The summed E-state index contributed by atoms with van der Waals surface area (Å²) in [5, 5.41) is 6.66. The van der Waals surface area contributed by atoms with Crippen molar-refractivity contribution in [3.8, 4) is 0 Å². The topological polar surface area (TPSA) is 71.2 Å². The molecule has 0 saturated carbocycles. The van der Waals surface area contributed by atoms with Gasteiger partial charge in [0.2, 0.25) is 0 Å². The lowest BCUT2D eigenvalue weighted by Gasteiger charge is -2.40. The zero-order valence-electron chi connectivity index (χ0n) is 16.7. The van der Waals surface area contributed by atoms with Crippen LogP contribution in [0.2, 0.25) is 0 Å². The fourth-order valence-electron chi connectivity index (χ4n) is 4.92. The summed E-state index contributed by atoms with van der Waals surface area (Å²) in [5.41, 5.74) is 5.78. The number of hydrogen-bond donors (Lipinski definition) is 2. The molecule has 0 bridgehead atoms. The summed E-state index contributed by atoms with van der Waals surface area (Å²) in [6.45, 7) is 2.86. The predicted molar refractivity (Wildman–Crippen MR) is 122 cm³/mol. The number of rotatable bonds is 5. The van der Waals surface area contributed by atoms with E-state index in [0.29, 0.717) is 12.0 Å². The van der Waals surface area contributed by atoms with Gasteiger partial charge >= 0.3 is 0 Å². The molecule has 2 aliphatic rings. The minimum absolute atomic E-state index is 0.132. The van der Waals surface area contributed by atoms with Gasteiger partial charge in [0.1, 0.15) is 0 Å². The molecule has 2 heterocycles. The quantitative estimate of drug-likeness (QED) is 0.466. The minimum Gasteiger partial charge on any atom is -0.354 e. The van der Waals surface area contributed by atoms with E-state index in [0.717, 1.165) is 36.2 Å². The first kappa shape index (κ1) is 19.9. The molecule has 2 aromatic carbocycles. The lowest BCUT2D eigenvalue weighted by molar-refractivity contribution is 0.187. The Hall–Kier alpha value is -2.06. The fraction of sp³-hybridized carbons (Fsp3) is 0.348. The third kappa shape index (κ3) is 3.39. The molecule has 5 rings (SSSR count). The maximum atomic E-state index is 12.6. The van der Waals surface area contributed by atoms with E-state index >= 15 is 0 Å². The highest BCUT2D eigenvalue weighted by Crippen LogP contribution is 2.43. The molecule has 0 amide bonds. The molecule has 0 radical (unpaired) electrons. The van der Waals surface area contributed by atoms with Crippen LogP contribution in [0.5, 0.6) is 0 Å². The molecule has 3 atom stereocenters. The second-order valence-electron chi connectivity index (χ2n) is 8.38. The molecule has 5 nitrogen and oxygen atoms in total. The van der Waals surface area contributed by atoms with Crippen LogP contribution in [0.4, 0.5) is 0 Å². The van der Waals surface area contributed by atoms with Gasteiger partial charge < -0.3 is 10.3 Å². The number of H-pyrrole nitrogens is 1. The molecule has 3 aromatic rings. The maximum absolute atomic E-state index is 12.6. The summed E-state index contributed by atoms with van der Waals surface area (Å²) in [4.78, 5) is 3.65. The molecule has 30 heavy (non-hydrogen) atoms.